The van der Waals surface area contributed by atoms with Crippen molar-refractivity contribution in [3.05, 3.63) is 29.8 Å². The number of benzene rings is 1. The Kier molecular flexibility index (Phi) is 4.01. The number of thioether (sulfide) groups is 1. The number of aryl methyl sites for hydroxylation is 1. The smallest absolute Gasteiger partial charge is 0.324 e. The van der Waals surface area contributed by atoms with Crippen LogP contribution in [0, 0.1) is 6.92 Å². The van der Waals surface area contributed by atoms with Crippen molar-refractivity contribution in [3.63, 3.8) is 0 Å². The summed E-state index contributed by atoms with van der Waals surface area (Å²) in [5.74, 6) is 0.419. The lowest BCUT2D eigenvalue weighted by Gasteiger charge is -2.08. The van der Waals surface area contributed by atoms with Crippen molar-refractivity contribution in [3.8, 4) is 5.75 Å². The molecule has 0 aliphatic heterocycles. The predicted molar refractivity (Wildman–Crippen MR) is 59.8 cm³/mol. The van der Waals surface area contributed by atoms with E-state index in [1.807, 2.05) is 32.2 Å². The Balaban J connectivity index is 2.60. The Hall–Kier alpha value is -0.960. The van der Waals surface area contributed by atoms with Crippen LogP contribution in [0.15, 0.2) is 24.3 Å². The van der Waals surface area contributed by atoms with Gasteiger partial charge in [-0.2, -0.15) is 11.8 Å². The molecule has 1 aromatic rings. The van der Waals surface area contributed by atoms with Crippen molar-refractivity contribution in [2.75, 3.05) is 6.26 Å². The van der Waals surface area contributed by atoms with Gasteiger partial charge in [-0.3, -0.25) is 4.79 Å². The van der Waals surface area contributed by atoms with Crippen molar-refractivity contribution in [2.24, 2.45) is 0 Å². The second kappa shape index (κ2) is 5.05. The Labute approximate surface area is 88.7 Å². The molecule has 0 aliphatic carbocycles. The summed E-state index contributed by atoms with van der Waals surface area (Å²) in [6.07, 6.45) is 1.89. The molecule has 14 heavy (non-hydrogen) atoms. The van der Waals surface area contributed by atoms with Crippen LogP contribution in [0.25, 0.3) is 0 Å². The second-order valence-electron chi connectivity index (χ2n) is 3.11. The zero-order chi connectivity index (χ0) is 10.6. The summed E-state index contributed by atoms with van der Waals surface area (Å²) in [5, 5.41) is -0.115. The first kappa shape index (κ1) is 11.1. The molecule has 3 heteroatoms. The zero-order valence-corrected chi connectivity index (χ0v) is 9.43. The van der Waals surface area contributed by atoms with Crippen molar-refractivity contribution < 1.29 is 9.53 Å². The zero-order valence-electron chi connectivity index (χ0n) is 8.61. The van der Waals surface area contributed by atoms with Crippen LogP contribution in [-0.2, 0) is 4.79 Å². The lowest BCUT2D eigenvalue weighted by atomic mass is 10.2. The molecule has 0 radical (unpaired) electrons. The molecule has 0 N–H and O–H groups in total. The summed E-state index contributed by atoms with van der Waals surface area (Å²) in [6.45, 7) is 3.83. The van der Waals surface area contributed by atoms with E-state index in [2.05, 4.69) is 0 Å². The molecule has 0 amide bonds. The molecule has 1 atom stereocenters. The van der Waals surface area contributed by atoms with Gasteiger partial charge >= 0.3 is 5.97 Å². The van der Waals surface area contributed by atoms with Gasteiger partial charge in [0.15, 0.2) is 0 Å². The van der Waals surface area contributed by atoms with Crippen LogP contribution in [-0.4, -0.2) is 17.5 Å². The summed E-state index contributed by atoms with van der Waals surface area (Å²) in [6, 6.07) is 7.46. The van der Waals surface area contributed by atoms with E-state index >= 15 is 0 Å². The Morgan fingerprint density at radius 1 is 1.36 bits per heavy atom. The number of carbonyl (C=O) groups is 1. The quantitative estimate of drug-likeness (QED) is 0.566. The molecule has 0 saturated heterocycles. The van der Waals surface area contributed by atoms with E-state index in [1.165, 1.54) is 11.8 Å². The van der Waals surface area contributed by atoms with Crippen LogP contribution in [0.3, 0.4) is 0 Å². The van der Waals surface area contributed by atoms with Crippen LogP contribution >= 0.6 is 11.8 Å². The normalized spacial score (nSPS) is 12.2. The van der Waals surface area contributed by atoms with E-state index in [1.54, 1.807) is 12.1 Å². The van der Waals surface area contributed by atoms with E-state index in [9.17, 15) is 4.79 Å². The minimum atomic E-state index is -0.193. The van der Waals surface area contributed by atoms with Gasteiger partial charge in [0.25, 0.3) is 0 Å². The predicted octanol–water partition coefficient (Wildman–Crippen LogP) is 2.65. The van der Waals surface area contributed by atoms with Crippen LogP contribution in [0.4, 0.5) is 0 Å². The molecule has 0 bridgehead atoms. The van der Waals surface area contributed by atoms with Crippen LogP contribution in [0.1, 0.15) is 12.5 Å². The molecule has 1 aromatic carbocycles. The summed E-state index contributed by atoms with van der Waals surface area (Å²) in [7, 11) is 0. The van der Waals surface area contributed by atoms with Gasteiger partial charge in [-0.1, -0.05) is 17.7 Å². The van der Waals surface area contributed by atoms with E-state index < -0.39 is 0 Å². The largest absolute Gasteiger partial charge is 0.426 e. The first-order valence-corrected chi connectivity index (χ1v) is 5.73. The molecular weight excluding hydrogens is 196 g/mol. The lowest BCUT2D eigenvalue weighted by molar-refractivity contribution is -0.133. The molecule has 1 unspecified atom stereocenters. The Bertz CT molecular complexity index is 306. The molecule has 0 spiro atoms. The number of esters is 1. The van der Waals surface area contributed by atoms with Gasteiger partial charge in [-0.15, -0.1) is 0 Å². The fourth-order valence-corrected chi connectivity index (χ4v) is 1.14. The first-order valence-electron chi connectivity index (χ1n) is 4.44. The molecule has 0 heterocycles. The van der Waals surface area contributed by atoms with Gasteiger partial charge in [0.2, 0.25) is 0 Å². The monoisotopic (exact) mass is 210 g/mol. The van der Waals surface area contributed by atoms with E-state index in [0.717, 1.165) is 5.56 Å². The molecule has 76 valence electrons. The fraction of sp³-hybridized carbons (Fsp3) is 0.364. The maximum atomic E-state index is 11.4. The molecule has 1 rings (SSSR count). The van der Waals surface area contributed by atoms with Gasteiger partial charge in [0, 0.05) is 0 Å². The van der Waals surface area contributed by atoms with Crippen molar-refractivity contribution in [1.82, 2.24) is 0 Å². The second-order valence-corrected chi connectivity index (χ2v) is 4.29. The summed E-state index contributed by atoms with van der Waals surface area (Å²) in [5.41, 5.74) is 1.16. The molecule has 0 aliphatic rings. The highest BCUT2D eigenvalue weighted by Gasteiger charge is 2.13. The molecule has 0 saturated carbocycles. The summed E-state index contributed by atoms with van der Waals surface area (Å²) < 4.78 is 5.16. The van der Waals surface area contributed by atoms with Gasteiger partial charge in [0.1, 0.15) is 5.75 Å². The first-order chi connectivity index (χ1) is 6.63. The van der Waals surface area contributed by atoms with Gasteiger partial charge in [0.05, 0.1) is 5.25 Å². The number of ether oxygens (including phenoxy) is 1. The minimum Gasteiger partial charge on any atom is -0.426 e. The minimum absolute atomic E-state index is 0.115. The molecule has 0 aromatic heterocycles. The van der Waals surface area contributed by atoms with Gasteiger partial charge in [-0.25, -0.2) is 0 Å². The third-order valence-electron chi connectivity index (χ3n) is 1.92. The number of rotatable bonds is 3. The third kappa shape index (κ3) is 3.07. The maximum absolute atomic E-state index is 11.4. The van der Waals surface area contributed by atoms with Gasteiger partial charge < -0.3 is 4.74 Å². The Morgan fingerprint density at radius 3 is 2.43 bits per heavy atom. The molecule has 0 fully saturated rings. The highest BCUT2D eigenvalue weighted by atomic mass is 32.2. The SMILES string of the molecule is CSC(C)C(=O)Oc1ccc(C)cc1. The molecular formula is C11H14O2S. The van der Waals surface area contributed by atoms with Crippen molar-refractivity contribution in [2.45, 2.75) is 19.1 Å². The average molecular weight is 210 g/mol. The van der Waals surface area contributed by atoms with Crippen molar-refractivity contribution in [1.29, 1.82) is 0 Å². The topological polar surface area (TPSA) is 26.3 Å². The summed E-state index contributed by atoms with van der Waals surface area (Å²) >= 11 is 1.48. The Morgan fingerprint density at radius 2 is 1.93 bits per heavy atom. The van der Waals surface area contributed by atoms with E-state index in [0.29, 0.717) is 5.75 Å². The van der Waals surface area contributed by atoms with E-state index in [4.69, 9.17) is 4.74 Å². The average Bonchev–Trinajstić information content (AvgIpc) is 2.20. The number of hydrogen-bond acceptors (Lipinski definition) is 3. The van der Waals surface area contributed by atoms with Gasteiger partial charge in [-0.05, 0) is 32.2 Å². The fourth-order valence-electron chi connectivity index (χ4n) is 0.902. The molecule has 2 nitrogen and oxygen atoms in total. The maximum Gasteiger partial charge on any atom is 0.324 e. The van der Waals surface area contributed by atoms with Crippen LogP contribution in [0.5, 0.6) is 5.75 Å². The third-order valence-corrected chi connectivity index (χ3v) is 2.82. The van der Waals surface area contributed by atoms with Crippen LogP contribution < -0.4 is 4.74 Å². The number of carbonyl (C=O) groups excluding carboxylic acids is 1. The highest BCUT2D eigenvalue weighted by molar-refractivity contribution is 7.99. The lowest BCUT2D eigenvalue weighted by Crippen LogP contribution is -2.19. The summed E-state index contributed by atoms with van der Waals surface area (Å²) in [4.78, 5) is 11.4. The van der Waals surface area contributed by atoms with Crippen LogP contribution in [0.2, 0.25) is 0 Å². The number of hydrogen-bond donors (Lipinski definition) is 0. The van der Waals surface area contributed by atoms with E-state index in [-0.39, 0.29) is 11.2 Å². The standard InChI is InChI=1S/C11H14O2S/c1-8-4-6-10(7-5-8)13-11(12)9(2)14-3/h4-7,9H,1-3H3. The highest BCUT2D eigenvalue weighted by Crippen LogP contribution is 2.14. The van der Waals surface area contributed by atoms with Crippen molar-refractivity contribution >= 4 is 17.7 Å².